The number of aromatic nitrogens is 4. The second-order valence-corrected chi connectivity index (χ2v) is 7.68. The molecule has 1 saturated carbocycles. The highest BCUT2D eigenvalue weighted by Gasteiger charge is 2.42. The number of rotatable bonds is 2. The first-order chi connectivity index (χ1) is 13.0. The van der Waals surface area contributed by atoms with Crippen LogP contribution in [0.5, 0.6) is 0 Å². The molecule has 3 aromatic rings. The minimum absolute atomic E-state index is 0.251. The maximum atomic E-state index is 9.85. The zero-order chi connectivity index (χ0) is 18.9. The van der Waals surface area contributed by atoms with Gasteiger partial charge in [0.05, 0.1) is 11.3 Å². The number of nitrogen functional groups attached to an aromatic ring is 1. The molecule has 5 rings (SSSR count). The Bertz CT molecular complexity index is 1140. The molecule has 136 valence electrons. The van der Waals surface area contributed by atoms with Gasteiger partial charge in [-0.3, -0.25) is 4.68 Å². The number of hydrogen-bond donors (Lipinski definition) is 1. The zero-order valence-corrected chi connectivity index (χ0v) is 15.7. The van der Waals surface area contributed by atoms with E-state index in [1.807, 2.05) is 13.0 Å². The van der Waals surface area contributed by atoms with Crippen molar-refractivity contribution in [3.8, 4) is 28.6 Å². The van der Waals surface area contributed by atoms with Crippen LogP contribution in [-0.2, 0) is 7.05 Å². The topological polar surface area (TPSA) is 107 Å². The van der Waals surface area contributed by atoms with Gasteiger partial charge in [-0.05, 0) is 37.7 Å². The molecule has 0 amide bonds. The van der Waals surface area contributed by atoms with Gasteiger partial charge in [-0.15, -0.1) is 0 Å². The molecule has 1 fully saturated rings. The highest BCUT2D eigenvalue weighted by molar-refractivity contribution is 6.33. The number of anilines is 1. The van der Waals surface area contributed by atoms with E-state index in [0.29, 0.717) is 45.3 Å². The first-order valence-electron chi connectivity index (χ1n) is 8.89. The monoisotopic (exact) mass is 380 g/mol. The lowest BCUT2D eigenvalue weighted by Crippen LogP contribution is -2.09. The van der Waals surface area contributed by atoms with Crippen LogP contribution in [-0.4, -0.2) is 19.9 Å². The van der Waals surface area contributed by atoms with Gasteiger partial charge in [0.15, 0.2) is 0 Å². The number of fused-ring (bicyclic) bond motifs is 5. The van der Waals surface area contributed by atoms with E-state index >= 15 is 0 Å². The summed E-state index contributed by atoms with van der Waals surface area (Å²) >= 11 is 6.66. The summed E-state index contributed by atoms with van der Waals surface area (Å²) in [6.45, 7) is 1.82. The Morgan fingerprint density at radius 3 is 2.81 bits per heavy atom. The van der Waals surface area contributed by atoms with Crippen LogP contribution in [0, 0.1) is 18.3 Å². The van der Waals surface area contributed by atoms with Crippen molar-refractivity contribution in [2.24, 2.45) is 7.05 Å². The molecule has 27 heavy (non-hydrogen) atoms. The van der Waals surface area contributed by atoms with E-state index in [-0.39, 0.29) is 5.82 Å². The van der Waals surface area contributed by atoms with Gasteiger partial charge in [0.25, 0.3) is 0 Å². The number of halogens is 1. The highest BCUT2D eigenvalue weighted by atomic mass is 35.5. The van der Waals surface area contributed by atoms with Gasteiger partial charge < -0.3 is 10.3 Å². The van der Waals surface area contributed by atoms with Crippen LogP contribution in [0.2, 0.25) is 5.15 Å². The number of nitriles is 1. The summed E-state index contributed by atoms with van der Waals surface area (Å²) in [6, 6.07) is 4.06. The van der Waals surface area contributed by atoms with Crippen LogP contribution in [0.3, 0.4) is 0 Å². The Labute approximate surface area is 160 Å². The summed E-state index contributed by atoms with van der Waals surface area (Å²) in [5.41, 5.74) is 11.3. The number of aryl methyl sites for hydroxylation is 2. The first-order valence-corrected chi connectivity index (χ1v) is 9.27. The molecule has 0 spiro atoms. The number of nitrogens with zero attached hydrogens (tertiary/aromatic N) is 5. The lowest BCUT2D eigenvalue weighted by molar-refractivity contribution is 0.399. The minimum atomic E-state index is 0.251. The molecule has 8 heteroatoms. The van der Waals surface area contributed by atoms with Gasteiger partial charge >= 0.3 is 0 Å². The maximum Gasteiger partial charge on any atom is 0.142 e. The van der Waals surface area contributed by atoms with Crippen LogP contribution in [0.1, 0.15) is 53.7 Å². The SMILES string of the molecule is Cc1cc(-c2nn(C)c(Cl)c2-c2c(C#N)c(N)nc3c2[C@@H]2CC[C@H]3C2)no1. The van der Waals surface area contributed by atoms with Gasteiger partial charge in [0.2, 0.25) is 0 Å². The van der Waals surface area contributed by atoms with Gasteiger partial charge in [-0.2, -0.15) is 10.4 Å². The lowest BCUT2D eigenvalue weighted by Gasteiger charge is -2.20. The van der Waals surface area contributed by atoms with Crippen molar-refractivity contribution < 1.29 is 4.52 Å². The Morgan fingerprint density at radius 1 is 1.33 bits per heavy atom. The van der Waals surface area contributed by atoms with Crippen LogP contribution in [0.25, 0.3) is 22.5 Å². The van der Waals surface area contributed by atoms with Crippen molar-refractivity contribution in [1.82, 2.24) is 19.9 Å². The van der Waals surface area contributed by atoms with Crippen molar-refractivity contribution in [3.05, 3.63) is 33.8 Å². The van der Waals surface area contributed by atoms with Crippen molar-refractivity contribution in [1.29, 1.82) is 5.26 Å². The summed E-state index contributed by atoms with van der Waals surface area (Å²) in [5.74, 6) is 1.72. The van der Waals surface area contributed by atoms with E-state index < -0.39 is 0 Å². The summed E-state index contributed by atoms with van der Waals surface area (Å²) in [5, 5.41) is 19.0. The second kappa shape index (κ2) is 5.57. The predicted octanol–water partition coefficient (Wildman–Crippen LogP) is 3.92. The summed E-state index contributed by atoms with van der Waals surface area (Å²) in [6.07, 6.45) is 3.27. The molecule has 2 atom stereocenters. The molecule has 0 radical (unpaired) electrons. The van der Waals surface area contributed by atoms with Gasteiger partial charge in [0.1, 0.15) is 39.8 Å². The van der Waals surface area contributed by atoms with Crippen molar-refractivity contribution in [3.63, 3.8) is 0 Å². The van der Waals surface area contributed by atoms with E-state index in [2.05, 4.69) is 21.3 Å². The van der Waals surface area contributed by atoms with Crippen molar-refractivity contribution in [2.45, 2.75) is 38.0 Å². The molecule has 7 nitrogen and oxygen atoms in total. The molecule has 2 N–H and O–H groups in total. The van der Waals surface area contributed by atoms with Crippen LogP contribution >= 0.6 is 11.6 Å². The van der Waals surface area contributed by atoms with Crippen LogP contribution < -0.4 is 5.73 Å². The fourth-order valence-corrected chi connectivity index (χ4v) is 4.83. The Kier molecular flexibility index (Phi) is 3.37. The molecule has 0 unspecified atom stereocenters. The largest absolute Gasteiger partial charge is 0.383 e. The summed E-state index contributed by atoms with van der Waals surface area (Å²) in [7, 11) is 1.77. The van der Waals surface area contributed by atoms with E-state index in [4.69, 9.17) is 21.9 Å². The van der Waals surface area contributed by atoms with Gasteiger partial charge in [0, 0.05) is 24.6 Å². The van der Waals surface area contributed by atoms with E-state index in [0.717, 1.165) is 36.1 Å². The van der Waals surface area contributed by atoms with Crippen molar-refractivity contribution >= 4 is 17.4 Å². The number of pyridine rings is 1. The molecule has 0 saturated heterocycles. The fourth-order valence-electron chi connectivity index (χ4n) is 4.61. The smallest absolute Gasteiger partial charge is 0.142 e. The number of nitrogens with two attached hydrogens (primary N) is 1. The molecule has 0 aliphatic heterocycles. The molecule has 2 aliphatic rings. The van der Waals surface area contributed by atoms with Gasteiger partial charge in [-0.1, -0.05) is 16.8 Å². The third-order valence-corrected chi connectivity index (χ3v) is 6.16. The number of hydrogen-bond acceptors (Lipinski definition) is 6. The fraction of sp³-hybridized carbons (Fsp3) is 0.368. The molecular formula is C19H17ClN6O. The normalized spacial score (nSPS) is 20.1. The Balaban J connectivity index is 1.88. The molecule has 3 aromatic heterocycles. The molecular weight excluding hydrogens is 364 g/mol. The maximum absolute atomic E-state index is 9.85. The Hall–Kier alpha value is -2.85. The average molecular weight is 381 g/mol. The van der Waals surface area contributed by atoms with Crippen molar-refractivity contribution in [2.75, 3.05) is 5.73 Å². The molecule has 2 aliphatic carbocycles. The second-order valence-electron chi connectivity index (χ2n) is 7.33. The zero-order valence-electron chi connectivity index (χ0n) is 15.0. The highest BCUT2D eigenvalue weighted by Crippen LogP contribution is 2.57. The predicted molar refractivity (Wildman–Crippen MR) is 100 cm³/mol. The molecule has 2 bridgehead atoms. The van der Waals surface area contributed by atoms with E-state index in [1.54, 1.807) is 11.7 Å². The standard InChI is InChI=1S/C19H17ClN6O/c1-8-5-12(25-27-8)17-15(18(20)26(2)24-17)14-11(7-21)19(22)23-16-10-4-3-9(6-10)13(14)16/h5,9-10H,3-4,6H2,1-2H3,(H2,22,23)/t9-,10+/m1/s1. The molecule has 0 aromatic carbocycles. The van der Waals surface area contributed by atoms with E-state index in [1.165, 1.54) is 0 Å². The van der Waals surface area contributed by atoms with Gasteiger partial charge in [-0.25, -0.2) is 4.98 Å². The third-order valence-electron chi connectivity index (χ3n) is 5.73. The summed E-state index contributed by atoms with van der Waals surface area (Å²) in [4.78, 5) is 4.59. The minimum Gasteiger partial charge on any atom is -0.383 e. The lowest BCUT2D eigenvalue weighted by atomic mass is 9.86. The van der Waals surface area contributed by atoms with Crippen LogP contribution in [0.4, 0.5) is 5.82 Å². The van der Waals surface area contributed by atoms with Crippen LogP contribution in [0.15, 0.2) is 10.6 Å². The van der Waals surface area contributed by atoms with E-state index in [9.17, 15) is 5.26 Å². The molecule has 3 heterocycles. The quantitative estimate of drug-likeness (QED) is 0.722. The first kappa shape index (κ1) is 16.3. The Morgan fingerprint density at radius 2 is 2.11 bits per heavy atom. The summed E-state index contributed by atoms with van der Waals surface area (Å²) < 4.78 is 6.83. The average Bonchev–Trinajstić information content (AvgIpc) is 3.40. The third kappa shape index (κ3) is 2.17.